The summed E-state index contributed by atoms with van der Waals surface area (Å²) in [6.45, 7) is 1.91. The minimum Gasteiger partial charge on any atom is -0.481 e. The number of carboxylic acid groups (broad SMARTS) is 1. The lowest BCUT2D eigenvalue weighted by molar-refractivity contribution is -0.142. The Morgan fingerprint density at radius 3 is 2.62 bits per heavy atom. The molecule has 0 aromatic heterocycles. The van der Waals surface area contributed by atoms with E-state index in [1.54, 1.807) is 0 Å². The molecule has 0 aliphatic carbocycles. The van der Waals surface area contributed by atoms with Crippen molar-refractivity contribution in [3.63, 3.8) is 0 Å². The maximum Gasteiger partial charge on any atom is 0.451 e. The van der Waals surface area contributed by atoms with Gasteiger partial charge in [0.25, 0.3) is 0 Å². The summed E-state index contributed by atoms with van der Waals surface area (Å²) in [5.41, 5.74) is 7.42. The van der Waals surface area contributed by atoms with Gasteiger partial charge in [-0.3, -0.25) is 4.79 Å². The average Bonchev–Trinajstić information content (AvgIpc) is 2.90. The Kier molecular flexibility index (Phi) is 7.24. The van der Waals surface area contributed by atoms with Crippen LogP contribution in [0.15, 0.2) is 30.3 Å². The SMILES string of the molecule is NC(Cc1ccccc1)CN1CC(CCCB(O)O)C(C(=O)O)C1. The Balaban J connectivity index is 1.83. The van der Waals surface area contributed by atoms with Crippen LogP contribution in [-0.2, 0) is 11.2 Å². The number of benzene rings is 1. The first-order valence-corrected chi connectivity index (χ1v) is 8.56. The summed E-state index contributed by atoms with van der Waals surface area (Å²) in [5, 5.41) is 27.3. The maximum atomic E-state index is 11.5. The standard InChI is InChI=1S/C17H27BN2O4/c19-15(9-13-5-2-1-3-6-13)11-20-10-14(7-4-8-18(23)24)16(12-20)17(21)22/h1-3,5-6,14-16,23-24H,4,7-12,19H2,(H,21,22). The molecule has 1 saturated heterocycles. The maximum absolute atomic E-state index is 11.5. The fourth-order valence-corrected chi connectivity index (χ4v) is 3.56. The molecule has 1 heterocycles. The van der Waals surface area contributed by atoms with Gasteiger partial charge >= 0.3 is 13.1 Å². The number of carbonyl (C=O) groups is 1. The molecule has 6 nitrogen and oxygen atoms in total. The van der Waals surface area contributed by atoms with Crippen LogP contribution in [0.25, 0.3) is 0 Å². The van der Waals surface area contributed by atoms with Gasteiger partial charge in [-0.15, -0.1) is 0 Å². The van der Waals surface area contributed by atoms with Gasteiger partial charge in [-0.1, -0.05) is 36.8 Å². The molecule has 2 rings (SSSR count). The number of hydrogen-bond acceptors (Lipinski definition) is 5. The van der Waals surface area contributed by atoms with Crippen molar-refractivity contribution in [2.24, 2.45) is 17.6 Å². The van der Waals surface area contributed by atoms with Gasteiger partial charge in [0.05, 0.1) is 5.92 Å². The number of rotatable bonds is 9. The van der Waals surface area contributed by atoms with Crippen molar-refractivity contribution in [2.75, 3.05) is 19.6 Å². The zero-order valence-corrected chi connectivity index (χ0v) is 13.9. The third kappa shape index (κ3) is 5.90. The molecule has 7 heteroatoms. The van der Waals surface area contributed by atoms with Crippen LogP contribution < -0.4 is 5.73 Å². The number of hydrogen-bond donors (Lipinski definition) is 4. The normalized spacial score (nSPS) is 22.5. The molecule has 0 bridgehead atoms. The Morgan fingerprint density at radius 2 is 2.00 bits per heavy atom. The van der Waals surface area contributed by atoms with Gasteiger partial charge in [0.2, 0.25) is 0 Å². The molecule has 24 heavy (non-hydrogen) atoms. The van der Waals surface area contributed by atoms with E-state index in [9.17, 15) is 9.90 Å². The smallest absolute Gasteiger partial charge is 0.451 e. The van der Waals surface area contributed by atoms with Gasteiger partial charge in [0.1, 0.15) is 0 Å². The Bertz CT molecular complexity index is 515. The topological polar surface area (TPSA) is 107 Å². The summed E-state index contributed by atoms with van der Waals surface area (Å²) in [6, 6.07) is 10.0. The Labute approximate surface area is 143 Å². The van der Waals surface area contributed by atoms with E-state index in [4.69, 9.17) is 15.8 Å². The monoisotopic (exact) mass is 334 g/mol. The largest absolute Gasteiger partial charge is 0.481 e. The van der Waals surface area contributed by atoms with E-state index in [1.807, 2.05) is 30.3 Å². The number of nitrogens with two attached hydrogens (primary N) is 1. The van der Waals surface area contributed by atoms with Crippen LogP contribution in [-0.4, -0.2) is 58.8 Å². The van der Waals surface area contributed by atoms with Crippen LogP contribution in [0.1, 0.15) is 18.4 Å². The second kappa shape index (κ2) is 9.18. The molecule has 1 aromatic rings. The van der Waals surface area contributed by atoms with Crippen LogP contribution in [0.4, 0.5) is 0 Å². The summed E-state index contributed by atoms with van der Waals surface area (Å²) in [7, 11) is -1.31. The highest BCUT2D eigenvalue weighted by Gasteiger charge is 2.37. The molecule has 132 valence electrons. The van der Waals surface area contributed by atoms with Gasteiger partial charge in [-0.2, -0.15) is 0 Å². The fraction of sp³-hybridized carbons (Fsp3) is 0.588. The zero-order chi connectivity index (χ0) is 17.5. The number of aliphatic carboxylic acids is 1. The van der Waals surface area contributed by atoms with E-state index in [0.717, 1.165) is 6.42 Å². The van der Waals surface area contributed by atoms with Crippen LogP contribution in [0.5, 0.6) is 0 Å². The highest BCUT2D eigenvalue weighted by Crippen LogP contribution is 2.28. The highest BCUT2D eigenvalue weighted by atomic mass is 16.4. The van der Waals surface area contributed by atoms with E-state index in [1.165, 1.54) is 5.56 Å². The molecule has 1 fully saturated rings. The summed E-state index contributed by atoms with van der Waals surface area (Å²) >= 11 is 0. The van der Waals surface area contributed by atoms with E-state index in [-0.39, 0.29) is 18.3 Å². The summed E-state index contributed by atoms with van der Waals surface area (Å²) in [5.74, 6) is -1.13. The second-order valence-corrected chi connectivity index (χ2v) is 6.78. The van der Waals surface area contributed by atoms with E-state index < -0.39 is 19.0 Å². The predicted molar refractivity (Wildman–Crippen MR) is 93.4 cm³/mol. The first-order valence-electron chi connectivity index (χ1n) is 8.56. The third-order valence-corrected chi connectivity index (χ3v) is 4.70. The molecule has 0 saturated carbocycles. The molecule has 0 radical (unpaired) electrons. The molecule has 3 atom stereocenters. The lowest BCUT2D eigenvalue weighted by atomic mass is 9.80. The van der Waals surface area contributed by atoms with E-state index in [2.05, 4.69) is 4.90 Å². The Hall–Kier alpha value is -1.41. The van der Waals surface area contributed by atoms with Crippen molar-refractivity contribution in [3.8, 4) is 0 Å². The highest BCUT2D eigenvalue weighted by molar-refractivity contribution is 6.40. The Morgan fingerprint density at radius 1 is 1.29 bits per heavy atom. The molecular formula is C17H27BN2O4. The quantitative estimate of drug-likeness (QED) is 0.488. The average molecular weight is 334 g/mol. The van der Waals surface area contributed by atoms with Crippen LogP contribution >= 0.6 is 0 Å². The molecule has 0 amide bonds. The first-order chi connectivity index (χ1) is 11.5. The van der Waals surface area contributed by atoms with Crippen LogP contribution in [0.2, 0.25) is 6.32 Å². The van der Waals surface area contributed by atoms with E-state index in [0.29, 0.717) is 32.5 Å². The molecule has 3 unspecified atom stereocenters. The lowest BCUT2D eigenvalue weighted by Crippen LogP contribution is -2.38. The number of likely N-dealkylation sites (tertiary alicyclic amines) is 1. The first kappa shape index (κ1) is 18.9. The van der Waals surface area contributed by atoms with Crippen LogP contribution in [0.3, 0.4) is 0 Å². The van der Waals surface area contributed by atoms with Gasteiger partial charge in [0, 0.05) is 25.7 Å². The number of carboxylic acids is 1. The van der Waals surface area contributed by atoms with Crippen molar-refractivity contribution in [1.82, 2.24) is 4.90 Å². The fourth-order valence-electron chi connectivity index (χ4n) is 3.56. The number of nitrogens with zero attached hydrogens (tertiary/aromatic N) is 1. The minimum atomic E-state index is -1.31. The van der Waals surface area contributed by atoms with Crippen molar-refractivity contribution in [2.45, 2.75) is 31.6 Å². The second-order valence-electron chi connectivity index (χ2n) is 6.78. The van der Waals surface area contributed by atoms with Crippen molar-refractivity contribution >= 4 is 13.1 Å². The van der Waals surface area contributed by atoms with Gasteiger partial charge in [-0.05, 0) is 30.6 Å². The molecule has 1 aliphatic rings. The lowest BCUT2D eigenvalue weighted by Gasteiger charge is -2.21. The van der Waals surface area contributed by atoms with Gasteiger partial charge < -0.3 is 25.8 Å². The summed E-state index contributed by atoms with van der Waals surface area (Å²) < 4.78 is 0. The predicted octanol–water partition coefficient (Wildman–Crippen LogP) is 0.442. The van der Waals surface area contributed by atoms with Crippen molar-refractivity contribution in [1.29, 1.82) is 0 Å². The van der Waals surface area contributed by atoms with Gasteiger partial charge in [0.15, 0.2) is 0 Å². The van der Waals surface area contributed by atoms with Crippen molar-refractivity contribution in [3.05, 3.63) is 35.9 Å². The van der Waals surface area contributed by atoms with Gasteiger partial charge in [-0.25, -0.2) is 0 Å². The molecule has 0 spiro atoms. The molecular weight excluding hydrogens is 307 g/mol. The third-order valence-electron chi connectivity index (χ3n) is 4.70. The zero-order valence-electron chi connectivity index (χ0n) is 13.9. The minimum absolute atomic E-state index is 0.0279. The van der Waals surface area contributed by atoms with Crippen molar-refractivity contribution < 1.29 is 19.9 Å². The summed E-state index contributed by atoms with van der Waals surface area (Å²) in [4.78, 5) is 13.6. The van der Waals surface area contributed by atoms with Crippen LogP contribution in [0, 0.1) is 11.8 Å². The molecule has 1 aromatic carbocycles. The molecule has 1 aliphatic heterocycles. The molecule has 5 N–H and O–H groups in total. The van der Waals surface area contributed by atoms with E-state index >= 15 is 0 Å². The summed E-state index contributed by atoms with van der Waals surface area (Å²) in [6.07, 6.45) is 2.38.